The van der Waals surface area contributed by atoms with Crippen LogP contribution in [0.2, 0.25) is 5.02 Å². The lowest BCUT2D eigenvalue weighted by Gasteiger charge is -2.26. The fourth-order valence-electron chi connectivity index (χ4n) is 4.24. The van der Waals surface area contributed by atoms with Crippen molar-refractivity contribution < 1.29 is 23.1 Å². The molecule has 2 amide bonds. The number of aliphatic imine (C=N–C) groups is 1. The van der Waals surface area contributed by atoms with Gasteiger partial charge in [-0.05, 0) is 43.5 Å². The molecular formula is C26H27ClF2N6O3. The lowest BCUT2D eigenvalue weighted by Crippen LogP contribution is -2.37. The molecule has 0 spiro atoms. The monoisotopic (exact) mass is 544 g/mol. The molecule has 9 nitrogen and oxygen atoms in total. The zero-order chi connectivity index (χ0) is 27.2. The van der Waals surface area contributed by atoms with Crippen LogP contribution >= 0.6 is 11.6 Å². The highest BCUT2D eigenvalue weighted by Gasteiger charge is 2.24. The Hall–Kier alpha value is -3.99. The Morgan fingerprint density at radius 1 is 1.26 bits per heavy atom. The summed E-state index contributed by atoms with van der Waals surface area (Å²) in [6.07, 6.45) is 10.8. The second-order valence-electron chi connectivity index (χ2n) is 8.68. The van der Waals surface area contributed by atoms with Gasteiger partial charge in [-0.25, -0.2) is 4.99 Å². The SMILES string of the molecule is C=CC(C(=O)Nc1cn(CC(=O)N2CCCCC2)nc1-c1cc(Cl)ccc1OC(F)F)=C1N=CC=CN1C. The number of hydrogen-bond acceptors (Lipinski definition) is 6. The Morgan fingerprint density at radius 2 is 2.03 bits per heavy atom. The van der Waals surface area contributed by atoms with Crippen molar-refractivity contribution in [1.82, 2.24) is 19.6 Å². The molecule has 2 aliphatic heterocycles. The molecule has 0 aliphatic carbocycles. The molecule has 0 atom stereocenters. The molecule has 2 aromatic rings. The minimum atomic E-state index is -3.10. The van der Waals surface area contributed by atoms with Crippen molar-refractivity contribution in [3.8, 4) is 17.0 Å². The van der Waals surface area contributed by atoms with Crippen molar-refractivity contribution in [1.29, 1.82) is 0 Å². The Labute approximate surface area is 223 Å². The maximum absolute atomic E-state index is 13.3. The first-order valence-electron chi connectivity index (χ1n) is 12.0. The van der Waals surface area contributed by atoms with Gasteiger partial charge in [0.05, 0.1) is 11.3 Å². The largest absolute Gasteiger partial charge is 0.434 e. The van der Waals surface area contributed by atoms with E-state index in [9.17, 15) is 18.4 Å². The molecule has 12 heteroatoms. The van der Waals surface area contributed by atoms with Crippen molar-refractivity contribution in [3.63, 3.8) is 0 Å². The van der Waals surface area contributed by atoms with Gasteiger partial charge in [0.15, 0.2) is 0 Å². The number of carbonyl (C=O) groups is 2. The fraction of sp³-hybridized carbons (Fsp3) is 0.308. The molecule has 1 aromatic carbocycles. The van der Waals surface area contributed by atoms with Crippen LogP contribution in [0, 0.1) is 0 Å². The van der Waals surface area contributed by atoms with E-state index < -0.39 is 12.5 Å². The predicted octanol–water partition coefficient (Wildman–Crippen LogP) is 4.68. The number of hydrogen-bond donors (Lipinski definition) is 1. The molecule has 2 aliphatic rings. The third-order valence-corrected chi connectivity index (χ3v) is 6.28. The van der Waals surface area contributed by atoms with Crippen LogP contribution in [0.5, 0.6) is 5.75 Å². The summed E-state index contributed by atoms with van der Waals surface area (Å²) in [4.78, 5) is 33.9. The summed E-state index contributed by atoms with van der Waals surface area (Å²) < 4.78 is 32.4. The number of rotatable bonds is 8. The minimum Gasteiger partial charge on any atom is -0.434 e. The average Bonchev–Trinajstić information content (AvgIpc) is 3.28. The number of halogens is 3. The molecule has 1 aromatic heterocycles. The summed E-state index contributed by atoms with van der Waals surface area (Å²) in [6.45, 7) is 1.87. The topological polar surface area (TPSA) is 92.1 Å². The maximum Gasteiger partial charge on any atom is 0.387 e. The Morgan fingerprint density at radius 3 is 2.71 bits per heavy atom. The van der Waals surface area contributed by atoms with Crippen LogP contribution in [-0.2, 0) is 16.1 Å². The molecule has 0 saturated carbocycles. The average molecular weight is 545 g/mol. The van der Waals surface area contributed by atoms with Crippen LogP contribution in [0.3, 0.4) is 0 Å². The number of ether oxygens (including phenoxy) is 1. The fourth-order valence-corrected chi connectivity index (χ4v) is 4.41. The summed E-state index contributed by atoms with van der Waals surface area (Å²) in [6, 6.07) is 4.11. The lowest BCUT2D eigenvalue weighted by molar-refractivity contribution is -0.132. The third kappa shape index (κ3) is 6.28. The maximum atomic E-state index is 13.3. The van der Waals surface area contributed by atoms with Gasteiger partial charge < -0.3 is 19.9 Å². The van der Waals surface area contributed by atoms with Gasteiger partial charge in [-0.3, -0.25) is 14.3 Å². The van der Waals surface area contributed by atoms with E-state index in [0.29, 0.717) is 18.9 Å². The summed E-state index contributed by atoms with van der Waals surface area (Å²) in [5.41, 5.74) is 0.574. The Bertz CT molecular complexity index is 1310. The van der Waals surface area contributed by atoms with E-state index in [1.54, 1.807) is 35.3 Å². The normalized spacial score (nSPS) is 16.6. The summed E-state index contributed by atoms with van der Waals surface area (Å²) in [5, 5.41) is 7.48. The van der Waals surface area contributed by atoms with E-state index in [2.05, 4.69) is 22.0 Å². The number of carbonyl (C=O) groups excluding carboxylic acids is 2. The molecule has 0 bridgehead atoms. The molecule has 3 heterocycles. The number of amides is 2. The zero-order valence-electron chi connectivity index (χ0n) is 20.7. The number of likely N-dealkylation sites (tertiary alicyclic amines) is 1. The van der Waals surface area contributed by atoms with Crippen LogP contribution in [0.25, 0.3) is 11.3 Å². The molecule has 0 radical (unpaired) electrons. The van der Waals surface area contributed by atoms with Gasteiger partial charge in [0.1, 0.15) is 23.8 Å². The summed E-state index contributed by atoms with van der Waals surface area (Å²) in [5.74, 6) is -0.517. The van der Waals surface area contributed by atoms with Crippen molar-refractivity contribution in [3.05, 3.63) is 65.7 Å². The van der Waals surface area contributed by atoms with Gasteiger partial charge >= 0.3 is 6.61 Å². The van der Waals surface area contributed by atoms with Crippen molar-refractivity contribution in [2.75, 3.05) is 25.5 Å². The first kappa shape index (κ1) is 27.1. The van der Waals surface area contributed by atoms with Gasteiger partial charge in [0.2, 0.25) is 5.91 Å². The number of nitrogens with one attached hydrogen (secondary N) is 1. The van der Waals surface area contributed by atoms with Gasteiger partial charge in [0.25, 0.3) is 5.91 Å². The molecular weight excluding hydrogens is 518 g/mol. The van der Waals surface area contributed by atoms with Crippen LogP contribution in [-0.4, -0.2) is 64.4 Å². The van der Waals surface area contributed by atoms with Gasteiger partial charge in [0, 0.05) is 49.3 Å². The summed E-state index contributed by atoms with van der Waals surface area (Å²) in [7, 11) is 1.73. The van der Waals surface area contributed by atoms with Gasteiger partial charge in [-0.15, -0.1) is 0 Å². The smallest absolute Gasteiger partial charge is 0.387 e. The first-order valence-corrected chi connectivity index (χ1v) is 12.4. The minimum absolute atomic E-state index is 0.0955. The molecule has 1 saturated heterocycles. The predicted molar refractivity (Wildman–Crippen MR) is 141 cm³/mol. The number of alkyl halides is 2. The molecule has 38 heavy (non-hydrogen) atoms. The number of anilines is 1. The highest BCUT2D eigenvalue weighted by Crippen LogP contribution is 2.37. The molecule has 0 unspecified atom stereocenters. The van der Waals surface area contributed by atoms with E-state index in [-0.39, 0.29) is 45.7 Å². The second kappa shape index (κ2) is 12.0. The molecule has 200 valence electrons. The lowest BCUT2D eigenvalue weighted by atomic mass is 10.1. The van der Waals surface area contributed by atoms with Crippen molar-refractivity contribution in [2.24, 2.45) is 4.99 Å². The highest BCUT2D eigenvalue weighted by molar-refractivity contribution is 6.31. The van der Waals surface area contributed by atoms with E-state index in [1.807, 2.05) is 0 Å². The number of nitrogens with zero attached hydrogens (tertiary/aromatic N) is 5. The molecule has 4 rings (SSSR count). The van der Waals surface area contributed by atoms with Crippen LogP contribution in [0.4, 0.5) is 14.5 Å². The molecule has 1 N–H and O–H groups in total. The first-order chi connectivity index (χ1) is 18.3. The van der Waals surface area contributed by atoms with Gasteiger partial charge in [-0.1, -0.05) is 24.3 Å². The number of benzene rings is 1. The molecule has 1 fully saturated rings. The van der Waals surface area contributed by atoms with E-state index >= 15 is 0 Å². The third-order valence-electron chi connectivity index (χ3n) is 6.04. The number of aromatic nitrogens is 2. The van der Waals surface area contributed by atoms with E-state index in [0.717, 1.165) is 19.3 Å². The standard InChI is InChI=1S/C26H27ClF2N6O3/c1-3-18(24-30-10-7-11-33(24)2)25(37)31-20-15-35(16-22(36)34-12-5-4-6-13-34)32-23(20)19-14-17(27)8-9-21(19)38-26(28)29/h3,7-11,14-15,26H,1,4-6,12-13,16H2,2H3,(H,31,37). The zero-order valence-corrected chi connectivity index (χ0v) is 21.5. The summed E-state index contributed by atoms with van der Waals surface area (Å²) >= 11 is 6.17. The van der Waals surface area contributed by atoms with Gasteiger partial charge in [-0.2, -0.15) is 13.9 Å². The second-order valence-corrected chi connectivity index (χ2v) is 9.11. The van der Waals surface area contributed by atoms with Crippen molar-refractivity contribution in [2.45, 2.75) is 32.4 Å². The number of allylic oxidation sites excluding steroid dienone is 1. The van der Waals surface area contributed by atoms with E-state index in [4.69, 9.17) is 16.3 Å². The van der Waals surface area contributed by atoms with Crippen molar-refractivity contribution >= 4 is 35.3 Å². The Kier molecular flexibility index (Phi) is 8.57. The van der Waals surface area contributed by atoms with Crippen LogP contribution in [0.15, 0.2) is 65.7 Å². The Balaban J connectivity index is 1.73. The van der Waals surface area contributed by atoms with Crippen LogP contribution < -0.4 is 10.1 Å². The quantitative estimate of drug-likeness (QED) is 0.487. The number of piperidine rings is 1. The van der Waals surface area contributed by atoms with E-state index in [1.165, 1.54) is 35.2 Å². The highest BCUT2D eigenvalue weighted by atomic mass is 35.5. The van der Waals surface area contributed by atoms with Crippen LogP contribution in [0.1, 0.15) is 19.3 Å².